The molecule has 0 saturated heterocycles. The Bertz CT molecular complexity index is 299. The third-order valence-electron chi connectivity index (χ3n) is 2.74. The molecule has 90 valence electrons. The fourth-order valence-corrected chi connectivity index (χ4v) is 2.00. The molecule has 0 aliphatic heterocycles. The number of nitrogens with zero attached hydrogens (tertiary/aromatic N) is 1. The van der Waals surface area contributed by atoms with Crippen molar-refractivity contribution < 1.29 is 5.11 Å². The number of aliphatic hydroxyl groups is 1. The molecule has 1 N–H and O–H groups in total. The van der Waals surface area contributed by atoms with Gasteiger partial charge in [-0.25, -0.2) is 0 Å². The lowest BCUT2D eigenvalue weighted by molar-refractivity contribution is 0.173. The van der Waals surface area contributed by atoms with Crippen LogP contribution in [0, 0.1) is 0 Å². The third-order valence-corrected chi connectivity index (χ3v) is 3.33. The van der Waals surface area contributed by atoms with Crippen molar-refractivity contribution in [3.05, 3.63) is 29.8 Å². The van der Waals surface area contributed by atoms with Crippen molar-refractivity contribution in [1.82, 2.24) is 0 Å². The Morgan fingerprint density at radius 3 is 2.44 bits per heavy atom. The molecule has 1 atom stereocenters. The first kappa shape index (κ1) is 13.4. The van der Waals surface area contributed by atoms with Crippen molar-refractivity contribution in [3.8, 4) is 0 Å². The molecule has 0 radical (unpaired) electrons. The Hall–Kier alpha value is -0.670. The van der Waals surface area contributed by atoms with Crippen molar-refractivity contribution in [1.29, 1.82) is 0 Å². The van der Waals surface area contributed by atoms with E-state index in [9.17, 15) is 5.11 Å². The highest BCUT2D eigenvalue weighted by atomic mass is 32.2. The fraction of sp³-hybridized carbons (Fsp3) is 0.538. The zero-order chi connectivity index (χ0) is 12.0. The number of thioether (sulfide) groups is 1. The van der Waals surface area contributed by atoms with Gasteiger partial charge in [-0.15, -0.1) is 0 Å². The van der Waals surface area contributed by atoms with Crippen LogP contribution in [0.25, 0.3) is 0 Å². The van der Waals surface area contributed by atoms with E-state index in [4.69, 9.17) is 0 Å². The van der Waals surface area contributed by atoms with Crippen LogP contribution in [0.3, 0.4) is 0 Å². The van der Waals surface area contributed by atoms with Crippen molar-refractivity contribution in [2.45, 2.75) is 19.4 Å². The number of anilines is 1. The second kappa shape index (κ2) is 6.81. The zero-order valence-corrected chi connectivity index (χ0v) is 11.1. The van der Waals surface area contributed by atoms with E-state index < -0.39 is 0 Å². The summed E-state index contributed by atoms with van der Waals surface area (Å²) in [6.45, 7) is 3.04. The van der Waals surface area contributed by atoms with Crippen molar-refractivity contribution in [3.63, 3.8) is 0 Å². The van der Waals surface area contributed by atoms with E-state index >= 15 is 0 Å². The zero-order valence-electron chi connectivity index (χ0n) is 10.3. The molecule has 0 aliphatic carbocycles. The van der Waals surface area contributed by atoms with E-state index in [2.05, 4.69) is 30.3 Å². The first-order chi connectivity index (χ1) is 7.69. The minimum atomic E-state index is -0.328. The van der Waals surface area contributed by atoms with E-state index in [1.807, 2.05) is 30.8 Å². The molecule has 1 aromatic rings. The molecule has 2 nitrogen and oxygen atoms in total. The van der Waals surface area contributed by atoms with Crippen LogP contribution < -0.4 is 4.90 Å². The summed E-state index contributed by atoms with van der Waals surface area (Å²) in [5.74, 6) is 1.13. The molecule has 1 aromatic carbocycles. The Morgan fingerprint density at radius 1 is 1.31 bits per heavy atom. The molecule has 0 aliphatic rings. The summed E-state index contributed by atoms with van der Waals surface area (Å²) in [7, 11) is 2.10. The standard InChI is InChI=1S/C13H21NOS/c1-4-13(15)11-5-7-12(8-6-11)14(2)9-10-16-3/h5-8,13,15H,4,9-10H2,1-3H3. The SMILES string of the molecule is CCC(O)c1ccc(N(C)CCSC)cc1. The predicted octanol–water partition coefficient (Wildman–Crippen LogP) is 2.93. The summed E-state index contributed by atoms with van der Waals surface area (Å²) >= 11 is 1.85. The van der Waals surface area contributed by atoms with Crippen molar-refractivity contribution in [2.75, 3.05) is 30.5 Å². The van der Waals surface area contributed by atoms with Gasteiger partial charge in [0.2, 0.25) is 0 Å². The van der Waals surface area contributed by atoms with Crippen molar-refractivity contribution in [2.24, 2.45) is 0 Å². The average Bonchev–Trinajstić information content (AvgIpc) is 2.35. The van der Waals surface area contributed by atoms with E-state index in [0.717, 1.165) is 24.3 Å². The van der Waals surface area contributed by atoms with Crippen LogP contribution in [0.4, 0.5) is 5.69 Å². The molecule has 0 saturated carbocycles. The molecule has 3 heteroatoms. The van der Waals surface area contributed by atoms with Gasteiger partial charge in [0.1, 0.15) is 0 Å². The number of hydrogen-bond acceptors (Lipinski definition) is 3. The second-order valence-corrected chi connectivity index (χ2v) is 4.92. The van der Waals surface area contributed by atoms with Crippen LogP contribution in [0.2, 0.25) is 0 Å². The highest BCUT2D eigenvalue weighted by Crippen LogP contribution is 2.20. The van der Waals surface area contributed by atoms with Gasteiger partial charge in [-0.3, -0.25) is 0 Å². The molecule has 16 heavy (non-hydrogen) atoms. The number of aliphatic hydroxyl groups excluding tert-OH is 1. The van der Waals surface area contributed by atoms with E-state index in [0.29, 0.717) is 0 Å². The lowest BCUT2D eigenvalue weighted by atomic mass is 10.1. The van der Waals surface area contributed by atoms with Crippen LogP contribution >= 0.6 is 11.8 Å². The van der Waals surface area contributed by atoms with Crippen LogP contribution in [-0.4, -0.2) is 30.7 Å². The smallest absolute Gasteiger partial charge is 0.0787 e. The molecule has 0 bridgehead atoms. The number of benzene rings is 1. The molecular formula is C13H21NOS. The first-order valence-corrected chi connectivity index (χ1v) is 7.06. The van der Waals surface area contributed by atoms with Gasteiger partial charge in [0.15, 0.2) is 0 Å². The molecular weight excluding hydrogens is 218 g/mol. The minimum absolute atomic E-state index is 0.328. The Kier molecular flexibility index (Phi) is 5.71. The quantitative estimate of drug-likeness (QED) is 0.825. The molecule has 0 heterocycles. The summed E-state index contributed by atoms with van der Waals surface area (Å²) in [4.78, 5) is 2.23. The Balaban J connectivity index is 2.63. The van der Waals surface area contributed by atoms with E-state index in [1.165, 1.54) is 5.69 Å². The van der Waals surface area contributed by atoms with Crippen LogP contribution in [-0.2, 0) is 0 Å². The van der Waals surface area contributed by atoms with Crippen LogP contribution in [0.15, 0.2) is 24.3 Å². The Labute approximate surface area is 103 Å². The monoisotopic (exact) mass is 239 g/mol. The van der Waals surface area contributed by atoms with Gasteiger partial charge in [0, 0.05) is 25.0 Å². The predicted molar refractivity (Wildman–Crippen MR) is 73.3 cm³/mol. The minimum Gasteiger partial charge on any atom is -0.388 e. The second-order valence-electron chi connectivity index (χ2n) is 3.93. The summed E-state index contributed by atoms with van der Waals surface area (Å²) in [5.41, 5.74) is 2.21. The molecule has 1 rings (SSSR count). The maximum atomic E-state index is 9.68. The summed E-state index contributed by atoms with van der Waals surface area (Å²) < 4.78 is 0. The third kappa shape index (κ3) is 3.72. The van der Waals surface area contributed by atoms with Gasteiger partial charge < -0.3 is 10.0 Å². The lowest BCUT2D eigenvalue weighted by Gasteiger charge is -2.19. The maximum Gasteiger partial charge on any atom is 0.0787 e. The number of hydrogen-bond donors (Lipinski definition) is 1. The van der Waals surface area contributed by atoms with Gasteiger partial charge in [0.25, 0.3) is 0 Å². The van der Waals surface area contributed by atoms with Gasteiger partial charge in [-0.1, -0.05) is 19.1 Å². The summed E-state index contributed by atoms with van der Waals surface area (Å²) in [6.07, 6.45) is 2.56. The molecule has 0 aromatic heterocycles. The molecule has 0 spiro atoms. The van der Waals surface area contributed by atoms with Gasteiger partial charge >= 0.3 is 0 Å². The summed E-state index contributed by atoms with van der Waals surface area (Å²) in [5, 5.41) is 9.68. The Morgan fingerprint density at radius 2 is 1.94 bits per heavy atom. The fourth-order valence-electron chi connectivity index (χ4n) is 1.54. The largest absolute Gasteiger partial charge is 0.388 e. The lowest BCUT2D eigenvalue weighted by Crippen LogP contribution is -2.20. The van der Waals surface area contributed by atoms with Crippen molar-refractivity contribution >= 4 is 17.4 Å². The molecule has 0 fully saturated rings. The first-order valence-electron chi connectivity index (χ1n) is 5.67. The maximum absolute atomic E-state index is 9.68. The molecule has 1 unspecified atom stereocenters. The molecule has 0 amide bonds. The van der Waals surface area contributed by atoms with Gasteiger partial charge in [0.05, 0.1) is 6.10 Å². The average molecular weight is 239 g/mol. The topological polar surface area (TPSA) is 23.5 Å². The van der Waals surface area contributed by atoms with Gasteiger partial charge in [-0.2, -0.15) is 11.8 Å². The van der Waals surface area contributed by atoms with Crippen LogP contribution in [0.5, 0.6) is 0 Å². The summed E-state index contributed by atoms with van der Waals surface area (Å²) in [6, 6.07) is 8.18. The number of rotatable bonds is 6. The van der Waals surface area contributed by atoms with E-state index in [-0.39, 0.29) is 6.10 Å². The van der Waals surface area contributed by atoms with Gasteiger partial charge in [-0.05, 0) is 30.4 Å². The highest BCUT2D eigenvalue weighted by molar-refractivity contribution is 7.98. The van der Waals surface area contributed by atoms with Crippen LogP contribution in [0.1, 0.15) is 25.0 Å². The normalized spacial score (nSPS) is 12.5. The van der Waals surface area contributed by atoms with E-state index in [1.54, 1.807) is 0 Å². The highest BCUT2D eigenvalue weighted by Gasteiger charge is 2.05.